The Morgan fingerprint density at radius 2 is 1.11 bits per heavy atom. The van der Waals surface area contributed by atoms with Crippen molar-refractivity contribution < 1.29 is 14.4 Å². The first-order valence-corrected chi connectivity index (χ1v) is 12.8. The van der Waals surface area contributed by atoms with Crippen molar-refractivity contribution in [1.29, 1.82) is 0 Å². The Labute approximate surface area is 227 Å². The van der Waals surface area contributed by atoms with Gasteiger partial charge in [0.2, 0.25) is 0 Å². The predicted octanol–water partition coefficient (Wildman–Crippen LogP) is 3.59. The Morgan fingerprint density at radius 1 is 0.711 bits per heavy atom. The average Bonchev–Trinajstić information content (AvgIpc) is 3.70. The van der Waals surface area contributed by atoms with Gasteiger partial charge in [-0.15, -0.1) is 0 Å². The van der Waals surface area contributed by atoms with Crippen molar-refractivity contribution in [3.05, 3.63) is 106 Å². The van der Waals surface area contributed by atoms with Gasteiger partial charge in [0, 0.05) is 12.1 Å². The normalized spacial score (nSPS) is 25.4. The number of imidazole rings is 2. The molecule has 2 aromatic heterocycles. The minimum atomic E-state index is -0.976. The molecule has 4 unspecified atom stereocenters. The summed E-state index contributed by atoms with van der Waals surface area (Å²) in [5, 5.41) is 6.41. The van der Waals surface area contributed by atoms with Gasteiger partial charge in [-0.3, -0.25) is 14.4 Å². The third kappa shape index (κ3) is 3.99. The lowest BCUT2D eigenvalue weighted by molar-refractivity contribution is -0.124. The Kier molecular flexibility index (Phi) is 5.85. The van der Waals surface area contributed by atoms with Crippen LogP contribution in [0, 0.1) is 0 Å². The van der Waals surface area contributed by atoms with Gasteiger partial charge in [0.05, 0.1) is 23.2 Å². The van der Waals surface area contributed by atoms with E-state index in [1.807, 2.05) is 60.7 Å². The highest BCUT2D eigenvalue weighted by Gasteiger charge is 2.73. The summed E-state index contributed by atoms with van der Waals surface area (Å²) in [7, 11) is 0. The van der Waals surface area contributed by atoms with Crippen LogP contribution in [0.2, 0.25) is 10.3 Å². The summed E-state index contributed by atoms with van der Waals surface area (Å²) >= 11 is 11.8. The number of hydrogen-bond acceptors (Lipinski definition) is 5. The molecule has 38 heavy (non-hydrogen) atoms. The van der Waals surface area contributed by atoms with E-state index >= 15 is 0 Å². The molecule has 0 saturated heterocycles. The molecule has 0 radical (unpaired) electrons. The number of carbonyl (C=O) groups is 3. The standard InChI is InChI=1S/C27H22Cl2N6O3/c28-19-13-30-21(34-19)23(36)32-17-11-26(17,15-7-3-1-4-8-15)25(38)27(16-9-5-2-6-10-16)12-18(27)33-24(37)22-31-14-20(29)35-22/h1-10,13-14,17-18H,11-12H2,(H,30,34)(H,31,35)(H,32,36)(H,33,37). The van der Waals surface area contributed by atoms with Gasteiger partial charge in [0.1, 0.15) is 10.3 Å². The molecule has 2 aliphatic rings. The summed E-state index contributed by atoms with van der Waals surface area (Å²) < 4.78 is 0. The Hall–Kier alpha value is -3.95. The van der Waals surface area contributed by atoms with E-state index in [1.165, 1.54) is 12.4 Å². The molecule has 2 aromatic carbocycles. The van der Waals surface area contributed by atoms with E-state index in [0.717, 1.165) is 11.1 Å². The highest BCUT2D eigenvalue weighted by Crippen LogP contribution is 2.60. The minimum absolute atomic E-state index is 0.0621. The maximum atomic E-state index is 14.7. The van der Waals surface area contributed by atoms with Crippen LogP contribution in [0.25, 0.3) is 0 Å². The monoisotopic (exact) mass is 548 g/mol. The van der Waals surface area contributed by atoms with Gasteiger partial charge in [-0.1, -0.05) is 83.9 Å². The molecule has 2 aliphatic carbocycles. The predicted molar refractivity (Wildman–Crippen MR) is 140 cm³/mol. The number of amides is 2. The third-order valence-electron chi connectivity index (χ3n) is 7.44. The molecular weight excluding hydrogens is 527 g/mol. The van der Waals surface area contributed by atoms with Crippen LogP contribution in [0.1, 0.15) is 45.2 Å². The molecular formula is C27H22Cl2N6O3. The lowest BCUT2D eigenvalue weighted by Gasteiger charge is -2.25. The van der Waals surface area contributed by atoms with Gasteiger partial charge in [-0.25, -0.2) is 9.97 Å². The van der Waals surface area contributed by atoms with Gasteiger partial charge in [-0.05, 0) is 24.0 Å². The van der Waals surface area contributed by atoms with Crippen molar-refractivity contribution in [1.82, 2.24) is 30.6 Å². The second-order valence-electron chi connectivity index (χ2n) is 9.62. The minimum Gasteiger partial charge on any atom is -0.345 e. The molecule has 2 saturated carbocycles. The maximum absolute atomic E-state index is 14.7. The van der Waals surface area contributed by atoms with E-state index in [1.54, 1.807) is 0 Å². The molecule has 2 heterocycles. The highest BCUT2D eigenvalue weighted by molar-refractivity contribution is 6.29. The number of Topliss-reactive ketones (excluding diaryl/α,β-unsaturated/α-hetero) is 1. The fraction of sp³-hybridized carbons (Fsp3) is 0.222. The van der Waals surface area contributed by atoms with Gasteiger partial charge < -0.3 is 20.6 Å². The molecule has 9 nitrogen and oxygen atoms in total. The van der Waals surface area contributed by atoms with Crippen LogP contribution in [0.15, 0.2) is 73.1 Å². The number of nitrogens with one attached hydrogen (secondary N) is 4. The van der Waals surface area contributed by atoms with Crippen molar-refractivity contribution >= 4 is 40.8 Å². The Balaban J connectivity index is 1.34. The van der Waals surface area contributed by atoms with Crippen molar-refractivity contribution in [2.24, 2.45) is 0 Å². The van der Waals surface area contributed by atoms with Gasteiger partial charge in [0.25, 0.3) is 11.8 Å². The number of carbonyl (C=O) groups excluding carboxylic acids is 3. The lowest BCUT2D eigenvalue weighted by atomic mass is 9.77. The topological polar surface area (TPSA) is 133 Å². The number of rotatable bonds is 8. The number of aromatic nitrogens is 4. The number of ketones is 1. The summed E-state index contributed by atoms with van der Waals surface area (Å²) in [6.45, 7) is 0. The molecule has 0 spiro atoms. The van der Waals surface area contributed by atoms with Crippen molar-refractivity contribution in [2.45, 2.75) is 35.8 Å². The van der Waals surface area contributed by atoms with Crippen molar-refractivity contribution in [3.63, 3.8) is 0 Å². The van der Waals surface area contributed by atoms with Crippen LogP contribution < -0.4 is 10.6 Å². The molecule has 2 amide bonds. The quantitative estimate of drug-likeness (QED) is 0.267. The summed E-state index contributed by atoms with van der Waals surface area (Å²) in [6, 6.07) is 17.9. The van der Waals surface area contributed by atoms with E-state index in [9.17, 15) is 14.4 Å². The van der Waals surface area contributed by atoms with Crippen LogP contribution in [0.5, 0.6) is 0 Å². The molecule has 0 bridgehead atoms. The molecule has 6 rings (SSSR count). The maximum Gasteiger partial charge on any atom is 0.287 e. The van der Waals surface area contributed by atoms with Gasteiger partial charge >= 0.3 is 0 Å². The van der Waals surface area contributed by atoms with Crippen LogP contribution in [0.3, 0.4) is 0 Å². The van der Waals surface area contributed by atoms with E-state index < -0.39 is 34.7 Å². The fourth-order valence-corrected chi connectivity index (χ4v) is 5.70. The summed E-state index contributed by atoms with van der Waals surface area (Å²) in [5.74, 6) is -0.813. The second kappa shape index (κ2) is 9.11. The largest absolute Gasteiger partial charge is 0.345 e. The number of benzene rings is 2. The molecule has 192 valence electrons. The zero-order chi connectivity index (χ0) is 26.5. The zero-order valence-electron chi connectivity index (χ0n) is 19.9. The number of hydrogen-bond donors (Lipinski definition) is 4. The zero-order valence-corrected chi connectivity index (χ0v) is 21.4. The lowest BCUT2D eigenvalue weighted by Crippen LogP contribution is -2.44. The third-order valence-corrected chi connectivity index (χ3v) is 7.82. The molecule has 2 fully saturated rings. The highest BCUT2D eigenvalue weighted by atomic mass is 35.5. The number of aromatic amines is 2. The van der Waals surface area contributed by atoms with Gasteiger partial charge in [-0.2, -0.15) is 0 Å². The first-order valence-electron chi connectivity index (χ1n) is 12.0. The smallest absolute Gasteiger partial charge is 0.287 e. The van der Waals surface area contributed by atoms with E-state index in [-0.39, 0.29) is 27.7 Å². The molecule has 0 aliphatic heterocycles. The van der Waals surface area contributed by atoms with Crippen molar-refractivity contribution in [2.75, 3.05) is 0 Å². The van der Waals surface area contributed by atoms with E-state index in [0.29, 0.717) is 12.8 Å². The Bertz CT molecular complexity index is 1420. The first-order chi connectivity index (χ1) is 18.3. The van der Waals surface area contributed by atoms with Gasteiger partial charge in [0.15, 0.2) is 17.4 Å². The summed E-state index contributed by atoms with van der Waals surface area (Å²) in [6.07, 6.45) is 3.54. The van der Waals surface area contributed by atoms with Crippen molar-refractivity contribution in [3.8, 4) is 0 Å². The number of H-pyrrole nitrogens is 2. The molecule has 4 N–H and O–H groups in total. The molecule has 4 atom stereocenters. The summed E-state index contributed by atoms with van der Waals surface area (Å²) in [4.78, 5) is 53.9. The summed E-state index contributed by atoms with van der Waals surface area (Å²) in [5.41, 5.74) is -0.344. The SMILES string of the molecule is O=C(NC1CC1(C(=O)C1(c2ccccc2)CC1NC(=O)c1ncc(Cl)[nH]1)c1ccccc1)c1ncc(Cl)[nH]1. The van der Waals surface area contributed by atoms with Crippen LogP contribution >= 0.6 is 23.2 Å². The molecule has 11 heteroatoms. The fourth-order valence-electron chi connectivity index (χ4n) is 5.43. The second-order valence-corrected chi connectivity index (χ2v) is 10.4. The average molecular weight is 549 g/mol. The van der Waals surface area contributed by atoms with Crippen LogP contribution in [-0.2, 0) is 15.6 Å². The number of nitrogens with zero attached hydrogens (tertiary/aromatic N) is 2. The first kappa shape index (κ1) is 24.4. The molecule has 4 aromatic rings. The van der Waals surface area contributed by atoms with E-state index in [4.69, 9.17) is 23.2 Å². The van der Waals surface area contributed by atoms with Crippen LogP contribution in [-0.4, -0.2) is 49.6 Å². The Morgan fingerprint density at radius 3 is 1.45 bits per heavy atom. The number of halogens is 2. The van der Waals surface area contributed by atoms with Crippen LogP contribution in [0.4, 0.5) is 0 Å². The van der Waals surface area contributed by atoms with E-state index in [2.05, 4.69) is 30.6 Å².